The van der Waals surface area contributed by atoms with E-state index in [1.807, 2.05) is 0 Å². The predicted octanol–water partition coefficient (Wildman–Crippen LogP) is 3.43. The van der Waals surface area contributed by atoms with Gasteiger partial charge in [0.05, 0.1) is 7.85 Å². The summed E-state index contributed by atoms with van der Waals surface area (Å²) < 4.78 is 0. The smallest absolute Gasteiger partial charge is 0.0699 e. The maximum Gasteiger partial charge on any atom is 0.0699 e. The monoisotopic (exact) mass is 164 g/mol. The molecule has 0 N–H and O–H groups in total. The molecule has 1 saturated carbocycles. The largest absolute Gasteiger partial charge is 0.0769 e. The minimum absolute atomic E-state index is 0.402. The van der Waals surface area contributed by atoms with E-state index in [-0.39, 0.29) is 0 Å². The van der Waals surface area contributed by atoms with Crippen LogP contribution in [-0.4, -0.2) is 7.85 Å². The topological polar surface area (TPSA) is 0 Å². The molecule has 0 amide bonds. The molecule has 1 aliphatic carbocycles. The molecule has 0 bridgehead atoms. The molecule has 0 saturated heterocycles. The van der Waals surface area contributed by atoms with Gasteiger partial charge in [0.2, 0.25) is 0 Å². The number of rotatable bonds is 3. The molecule has 4 atom stereocenters. The first-order valence-corrected chi connectivity index (χ1v) is 5.42. The molecule has 1 fully saturated rings. The molecule has 0 nitrogen and oxygen atoms in total. The maximum absolute atomic E-state index is 6.01. The lowest BCUT2D eigenvalue weighted by Gasteiger charge is -2.26. The third-order valence-corrected chi connectivity index (χ3v) is 3.46. The van der Waals surface area contributed by atoms with E-state index in [0.717, 1.165) is 17.8 Å². The zero-order valence-corrected chi connectivity index (χ0v) is 8.72. The van der Waals surface area contributed by atoms with Crippen LogP contribution in [0.5, 0.6) is 0 Å². The molecule has 68 valence electrons. The van der Waals surface area contributed by atoms with Crippen LogP contribution in [0.15, 0.2) is 0 Å². The highest BCUT2D eigenvalue weighted by Gasteiger charge is 2.33. The SMILES string of the molecule is [B]C(C)C1C(C)CCC1CCC. The van der Waals surface area contributed by atoms with Crippen LogP contribution in [0.4, 0.5) is 0 Å². The van der Waals surface area contributed by atoms with Crippen LogP contribution in [0.2, 0.25) is 5.82 Å². The third kappa shape index (κ3) is 2.05. The van der Waals surface area contributed by atoms with E-state index in [1.165, 1.54) is 25.7 Å². The van der Waals surface area contributed by atoms with E-state index in [2.05, 4.69) is 20.8 Å². The Morgan fingerprint density at radius 3 is 2.58 bits per heavy atom. The molecule has 0 heterocycles. The number of hydrogen-bond donors (Lipinski definition) is 0. The predicted molar refractivity (Wildman–Crippen MR) is 55.5 cm³/mol. The lowest BCUT2D eigenvalue weighted by atomic mass is 9.69. The molecule has 12 heavy (non-hydrogen) atoms. The van der Waals surface area contributed by atoms with E-state index < -0.39 is 0 Å². The molecule has 0 aliphatic heterocycles. The van der Waals surface area contributed by atoms with Crippen molar-refractivity contribution in [1.82, 2.24) is 0 Å². The summed E-state index contributed by atoms with van der Waals surface area (Å²) in [7, 11) is 6.01. The summed E-state index contributed by atoms with van der Waals surface area (Å²) in [5.41, 5.74) is 0. The van der Waals surface area contributed by atoms with Crippen molar-refractivity contribution in [3.63, 3.8) is 0 Å². The minimum Gasteiger partial charge on any atom is -0.0769 e. The fourth-order valence-corrected chi connectivity index (χ4v) is 2.98. The maximum atomic E-state index is 6.01. The summed E-state index contributed by atoms with van der Waals surface area (Å²) in [6.45, 7) is 6.82. The summed E-state index contributed by atoms with van der Waals surface area (Å²) in [6, 6.07) is 0. The molecule has 2 radical (unpaired) electrons. The standard InChI is InChI=1S/C11H21B/c1-4-5-10-7-6-8(2)11(10)9(3)12/h8-11H,4-7H2,1-3H3. The first-order valence-electron chi connectivity index (χ1n) is 5.42. The van der Waals surface area contributed by atoms with Crippen molar-refractivity contribution in [2.45, 2.75) is 52.3 Å². The molecule has 1 rings (SSSR count). The van der Waals surface area contributed by atoms with Crippen molar-refractivity contribution in [1.29, 1.82) is 0 Å². The van der Waals surface area contributed by atoms with Crippen LogP contribution in [0.1, 0.15) is 46.5 Å². The van der Waals surface area contributed by atoms with Gasteiger partial charge in [0.25, 0.3) is 0 Å². The highest BCUT2D eigenvalue weighted by molar-refractivity contribution is 6.11. The molecular formula is C11H21B. The highest BCUT2D eigenvalue weighted by atomic mass is 14.4. The van der Waals surface area contributed by atoms with E-state index in [9.17, 15) is 0 Å². The molecule has 1 aliphatic rings. The molecule has 1 heteroatoms. The molecular weight excluding hydrogens is 143 g/mol. The van der Waals surface area contributed by atoms with Crippen molar-refractivity contribution < 1.29 is 0 Å². The van der Waals surface area contributed by atoms with Crippen LogP contribution in [0, 0.1) is 17.8 Å². The average molecular weight is 164 g/mol. The van der Waals surface area contributed by atoms with Crippen molar-refractivity contribution in [3.05, 3.63) is 0 Å². The van der Waals surface area contributed by atoms with Gasteiger partial charge in [-0.05, 0) is 24.2 Å². The quantitative estimate of drug-likeness (QED) is 0.560. The van der Waals surface area contributed by atoms with Gasteiger partial charge in [0, 0.05) is 0 Å². The lowest BCUT2D eigenvalue weighted by Crippen LogP contribution is -2.17. The minimum atomic E-state index is 0.402. The average Bonchev–Trinajstić information content (AvgIpc) is 2.32. The second kappa shape index (κ2) is 4.34. The second-order valence-corrected chi connectivity index (χ2v) is 4.54. The Morgan fingerprint density at radius 2 is 2.08 bits per heavy atom. The molecule has 0 aromatic rings. The van der Waals surface area contributed by atoms with Crippen molar-refractivity contribution >= 4 is 7.85 Å². The number of hydrogen-bond acceptors (Lipinski definition) is 0. The Bertz CT molecular complexity index is 129. The summed E-state index contributed by atoms with van der Waals surface area (Å²) in [5, 5.41) is 0. The van der Waals surface area contributed by atoms with Gasteiger partial charge < -0.3 is 0 Å². The van der Waals surface area contributed by atoms with Gasteiger partial charge >= 0.3 is 0 Å². The van der Waals surface area contributed by atoms with Crippen LogP contribution < -0.4 is 0 Å². The summed E-state index contributed by atoms with van der Waals surface area (Å²) in [4.78, 5) is 0. The molecule has 0 aromatic heterocycles. The first-order chi connectivity index (χ1) is 5.66. The van der Waals surface area contributed by atoms with Gasteiger partial charge in [0.1, 0.15) is 0 Å². The van der Waals surface area contributed by atoms with Gasteiger partial charge in [-0.15, -0.1) is 0 Å². The zero-order valence-electron chi connectivity index (χ0n) is 8.72. The molecule has 0 spiro atoms. The van der Waals surface area contributed by atoms with Gasteiger partial charge in [-0.3, -0.25) is 0 Å². The molecule has 0 aromatic carbocycles. The Balaban J connectivity index is 2.51. The van der Waals surface area contributed by atoms with E-state index in [0.29, 0.717) is 5.82 Å². The Morgan fingerprint density at radius 1 is 1.42 bits per heavy atom. The summed E-state index contributed by atoms with van der Waals surface area (Å²) >= 11 is 0. The highest BCUT2D eigenvalue weighted by Crippen LogP contribution is 2.44. The second-order valence-electron chi connectivity index (χ2n) is 4.54. The van der Waals surface area contributed by atoms with E-state index >= 15 is 0 Å². The van der Waals surface area contributed by atoms with Gasteiger partial charge in [0.15, 0.2) is 0 Å². The Labute approximate surface area is 78.5 Å². The normalized spacial score (nSPS) is 38.4. The van der Waals surface area contributed by atoms with Crippen molar-refractivity contribution in [2.24, 2.45) is 17.8 Å². The van der Waals surface area contributed by atoms with Crippen LogP contribution in [-0.2, 0) is 0 Å². The zero-order chi connectivity index (χ0) is 9.14. The summed E-state index contributed by atoms with van der Waals surface area (Å²) in [5.74, 6) is 2.98. The van der Waals surface area contributed by atoms with Crippen molar-refractivity contribution in [3.8, 4) is 0 Å². The van der Waals surface area contributed by atoms with E-state index in [4.69, 9.17) is 7.85 Å². The summed E-state index contributed by atoms with van der Waals surface area (Å²) in [6.07, 6.45) is 5.52. The van der Waals surface area contributed by atoms with Gasteiger partial charge in [-0.1, -0.05) is 45.9 Å². The first kappa shape index (κ1) is 10.1. The lowest BCUT2D eigenvalue weighted by molar-refractivity contribution is 0.301. The fraction of sp³-hybridized carbons (Fsp3) is 1.00. The Hall–Kier alpha value is 0.0649. The van der Waals surface area contributed by atoms with Gasteiger partial charge in [-0.25, -0.2) is 0 Å². The Kier molecular flexibility index (Phi) is 3.67. The van der Waals surface area contributed by atoms with E-state index in [1.54, 1.807) is 0 Å². The van der Waals surface area contributed by atoms with Crippen LogP contribution in [0.25, 0.3) is 0 Å². The molecule has 4 unspecified atom stereocenters. The fourth-order valence-electron chi connectivity index (χ4n) is 2.98. The van der Waals surface area contributed by atoms with Crippen LogP contribution in [0.3, 0.4) is 0 Å². The third-order valence-electron chi connectivity index (χ3n) is 3.46. The van der Waals surface area contributed by atoms with Crippen molar-refractivity contribution in [2.75, 3.05) is 0 Å². The van der Waals surface area contributed by atoms with Gasteiger partial charge in [-0.2, -0.15) is 0 Å². The van der Waals surface area contributed by atoms with Crippen LogP contribution >= 0.6 is 0 Å².